The topological polar surface area (TPSA) is 84.0 Å². The Labute approximate surface area is 235 Å². The number of hydrogen-bond donors (Lipinski definition) is 0. The van der Waals surface area contributed by atoms with Gasteiger partial charge in [0.2, 0.25) is 0 Å². The lowest BCUT2D eigenvalue weighted by atomic mass is 9.95. The molecule has 0 aliphatic carbocycles. The highest BCUT2D eigenvalue weighted by Gasteiger charge is 2.34. The van der Waals surface area contributed by atoms with Crippen molar-refractivity contribution in [2.75, 3.05) is 20.8 Å². The molecule has 2 aromatic heterocycles. The van der Waals surface area contributed by atoms with Crippen LogP contribution in [0.15, 0.2) is 76.2 Å². The van der Waals surface area contributed by atoms with Gasteiger partial charge in [-0.2, -0.15) is 0 Å². The number of fused-ring (bicyclic) bond motifs is 2. The summed E-state index contributed by atoms with van der Waals surface area (Å²) in [5, 5.41) is 1.05. The molecule has 1 atom stereocenters. The zero-order valence-corrected chi connectivity index (χ0v) is 24.0. The highest BCUT2D eigenvalue weighted by molar-refractivity contribution is 7.07. The molecule has 0 amide bonds. The molecule has 9 heteroatoms. The van der Waals surface area contributed by atoms with Gasteiger partial charge in [0.05, 0.1) is 42.7 Å². The number of benzene rings is 2. The molecule has 0 saturated carbocycles. The predicted octanol–water partition coefficient (Wildman–Crippen LogP) is 4.26. The van der Waals surface area contributed by atoms with Crippen LogP contribution in [0.3, 0.4) is 0 Å². The molecular formula is C31H31N3O5S. The fourth-order valence-corrected chi connectivity index (χ4v) is 6.29. The molecule has 3 heterocycles. The van der Waals surface area contributed by atoms with Crippen molar-refractivity contribution < 1.29 is 19.0 Å². The van der Waals surface area contributed by atoms with Crippen molar-refractivity contribution in [1.82, 2.24) is 9.13 Å². The maximum Gasteiger partial charge on any atom is 0.338 e. The first-order chi connectivity index (χ1) is 19.3. The van der Waals surface area contributed by atoms with Crippen molar-refractivity contribution >= 4 is 34.3 Å². The molecule has 0 unspecified atom stereocenters. The molecule has 0 fully saturated rings. The van der Waals surface area contributed by atoms with E-state index in [2.05, 4.69) is 23.3 Å². The van der Waals surface area contributed by atoms with Crippen molar-refractivity contribution in [3.8, 4) is 11.5 Å². The van der Waals surface area contributed by atoms with Crippen molar-refractivity contribution in [1.29, 1.82) is 0 Å². The maximum atomic E-state index is 14.1. The van der Waals surface area contributed by atoms with Crippen LogP contribution in [0.5, 0.6) is 11.5 Å². The van der Waals surface area contributed by atoms with E-state index in [1.165, 1.54) is 11.3 Å². The molecule has 0 N–H and O–H groups in total. The Kier molecular flexibility index (Phi) is 7.49. The Morgan fingerprint density at radius 2 is 1.88 bits per heavy atom. The minimum absolute atomic E-state index is 0.201. The first-order valence-electron chi connectivity index (χ1n) is 12.9. The number of carbonyl (C=O) groups excluding carboxylic acids is 1. The van der Waals surface area contributed by atoms with E-state index < -0.39 is 12.0 Å². The number of methoxy groups -OCH3 is 2. The van der Waals surface area contributed by atoms with Gasteiger partial charge in [-0.15, -0.1) is 6.58 Å². The van der Waals surface area contributed by atoms with Gasteiger partial charge in [0.15, 0.2) is 16.3 Å². The molecule has 5 rings (SSSR count). The summed E-state index contributed by atoms with van der Waals surface area (Å²) in [5.41, 5.74) is 4.33. The van der Waals surface area contributed by atoms with Crippen LogP contribution < -0.4 is 24.4 Å². The second-order valence-electron chi connectivity index (χ2n) is 9.33. The lowest BCUT2D eigenvalue weighted by Crippen LogP contribution is -2.40. The van der Waals surface area contributed by atoms with Gasteiger partial charge < -0.3 is 18.8 Å². The lowest BCUT2D eigenvalue weighted by molar-refractivity contribution is -0.139. The quantitative estimate of drug-likeness (QED) is 0.239. The van der Waals surface area contributed by atoms with Gasteiger partial charge in [0.25, 0.3) is 5.56 Å². The van der Waals surface area contributed by atoms with Crippen LogP contribution in [-0.4, -0.2) is 35.9 Å². The van der Waals surface area contributed by atoms with E-state index in [1.807, 2.05) is 37.3 Å². The SMILES string of the molecule is C=CCn1c(C)c(/C=c2\sc3n(c2=O)[C@H](c2ccc(OC)c(OC)c2)C(C(=O)OCC)=C(C)N=3)c2ccccc21. The van der Waals surface area contributed by atoms with E-state index in [0.29, 0.717) is 44.2 Å². The van der Waals surface area contributed by atoms with E-state index in [-0.39, 0.29) is 12.2 Å². The summed E-state index contributed by atoms with van der Waals surface area (Å²) in [7, 11) is 3.11. The first-order valence-corrected chi connectivity index (χ1v) is 13.8. The number of para-hydroxylation sites is 1. The fraction of sp³-hybridized carbons (Fsp3) is 0.258. The summed E-state index contributed by atoms with van der Waals surface area (Å²) in [5.74, 6) is 0.523. The highest BCUT2D eigenvalue weighted by Crippen LogP contribution is 2.36. The number of carbonyl (C=O) groups is 1. The van der Waals surface area contributed by atoms with E-state index in [9.17, 15) is 9.59 Å². The van der Waals surface area contributed by atoms with Crippen LogP contribution in [-0.2, 0) is 16.1 Å². The molecule has 0 radical (unpaired) electrons. The van der Waals surface area contributed by atoms with Gasteiger partial charge in [-0.3, -0.25) is 9.36 Å². The number of esters is 1. The van der Waals surface area contributed by atoms with Crippen LogP contribution in [0.1, 0.15) is 36.7 Å². The van der Waals surface area contributed by atoms with Crippen LogP contribution in [0.25, 0.3) is 17.0 Å². The van der Waals surface area contributed by atoms with Gasteiger partial charge in [0.1, 0.15) is 0 Å². The number of allylic oxidation sites excluding steroid dienone is 2. The summed E-state index contributed by atoms with van der Waals surface area (Å²) < 4.78 is 20.6. The monoisotopic (exact) mass is 557 g/mol. The van der Waals surface area contributed by atoms with E-state index >= 15 is 0 Å². The Hall–Kier alpha value is -4.37. The Bertz CT molecular complexity index is 1860. The molecule has 0 bridgehead atoms. The van der Waals surface area contributed by atoms with E-state index in [1.54, 1.807) is 44.8 Å². The second-order valence-corrected chi connectivity index (χ2v) is 10.3. The van der Waals surface area contributed by atoms with E-state index in [0.717, 1.165) is 22.2 Å². The molecule has 40 heavy (non-hydrogen) atoms. The molecule has 0 saturated heterocycles. The predicted molar refractivity (Wildman–Crippen MR) is 157 cm³/mol. The Morgan fingerprint density at radius 3 is 2.58 bits per heavy atom. The highest BCUT2D eigenvalue weighted by atomic mass is 32.1. The number of nitrogens with zero attached hydrogens (tertiary/aromatic N) is 3. The van der Waals surface area contributed by atoms with Crippen molar-refractivity contribution in [2.45, 2.75) is 33.4 Å². The van der Waals surface area contributed by atoms with Gasteiger partial charge in [0, 0.05) is 28.7 Å². The van der Waals surface area contributed by atoms with Gasteiger partial charge >= 0.3 is 5.97 Å². The molecule has 8 nitrogen and oxygen atoms in total. The van der Waals surface area contributed by atoms with Crippen LogP contribution >= 0.6 is 11.3 Å². The number of aromatic nitrogens is 2. The summed E-state index contributed by atoms with van der Waals surface area (Å²) >= 11 is 1.30. The standard InChI is InChI=1S/C31H31N3O5S/c1-7-15-33-19(4)22(21-11-9-10-12-23(21)33)17-26-29(35)34-28(20-13-14-24(37-5)25(16-20)38-6)27(30(36)39-8-2)18(3)32-31(34)40-26/h7,9-14,16-17,28H,1,8,15H2,2-6H3/b26-17-/t28-/m1/s1. The molecular weight excluding hydrogens is 526 g/mol. The molecule has 4 aromatic rings. The van der Waals surface area contributed by atoms with Crippen LogP contribution in [0.4, 0.5) is 0 Å². The zero-order chi connectivity index (χ0) is 28.6. The Morgan fingerprint density at radius 1 is 1.12 bits per heavy atom. The van der Waals surface area contributed by atoms with E-state index in [4.69, 9.17) is 19.2 Å². The van der Waals surface area contributed by atoms with Crippen molar-refractivity contribution in [2.24, 2.45) is 4.99 Å². The number of thiazole rings is 1. The number of ether oxygens (including phenoxy) is 3. The van der Waals surface area contributed by atoms with Gasteiger partial charge in [-0.1, -0.05) is 41.7 Å². The summed E-state index contributed by atoms with van der Waals surface area (Å²) in [6.45, 7) is 10.3. The normalized spacial score (nSPS) is 15.1. The van der Waals surface area contributed by atoms with Crippen molar-refractivity contribution in [3.05, 3.63) is 103 Å². The Balaban J connectivity index is 1.78. The molecule has 206 valence electrons. The fourth-order valence-electron chi connectivity index (χ4n) is 5.27. The zero-order valence-electron chi connectivity index (χ0n) is 23.2. The summed E-state index contributed by atoms with van der Waals surface area (Å²) in [6.07, 6.45) is 3.79. The number of rotatable bonds is 8. The number of hydrogen-bond acceptors (Lipinski definition) is 7. The second kappa shape index (κ2) is 11.0. The smallest absolute Gasteiger partial charge is 0.338 e. The molecule has 1 aliphatic rings. The largest absolute Gasteiger partial charge is 0.493 e. The van der Waals surface area contributed by atoms with Crippen molar-refractivity contribution in [3.63, 3.8) is 0 Å². The molecule has 2 aromatic carbocycles. The third-order valence-electron chi connectivity index (χ3n) is 7.11. The average Bonchev–Trinajstić information content (AvgIpc) is 3.40. The van der Waals surface area contributed by atoms with Crippen LogP contribution in [0.2, 0.25) is 0 Å². The summed E-state index contributed by atoms with van der Waals surface area (Å²) in [4.78, 5) is 32.5. The lowest BCUT2D eigenvalue weighted by Gasteiger charge is -2.25. The van der Waals surface area contributed by atoms with Gasteiger partial charge in [-0.05, 0) is 50.6 Å². The minimum Gasteiger partial charge on any atom is -0.493 e. The third kappa shape index (κ3) is 4.46. The average molecular weight is 558 g/mol. The molecule has 1 aliphatic heterocycles. The first kappa shape index (κ1) is 27.2. The minimum atomic E-state index is -0.750. The maximum absolute atomic E-state index is 14.1. The van der Waals surface area contributed by atoms with Crippen LogP contribution in [0, 0.1) is 6.92 Å². The summed E-state index contributed by atoms with van der Waals surface area (Å²) in [6, 6.07) is 12.7. The molecule has 0 spiro atoms. The third-order valence-corrected chi connectivity index (χ3v) is 8.09. The van der Waals surface area contributed by atoms with Gasteiger partial charge in [-0.25, -0.2) is 9.79 Å².